The van der Waals surface area contributed by atoms with E-state index in [0.717, 1.165) is 25.2 Å². The third kappa shape index (κ3) is 1.93. The Kier molecular flexibility index (Phi) is 2.49. The molecule has 76 valence electrons. The first-order valence-corrected chi connectivity index (χ1v) is 4.79. The van der Waals surface area contributed by atoms with Gasteiger partial charge in [0, 0.05) is 18.3 Å². The Labute approximate surface area is 82.3 Å². The number of aromatic nitrogens is 2. The van der Waals surface area contributed by atoms with E-state index in [4.69, 9.17) is 0 Å². The van der Waals surface area contributed by atoms with Crippen molar-refractivity contribution < 1.29 is 4.79 Å². The van der Waals surface area contributed by atoms with Gasteiger partial charge in [0.2, 0.25) is 0 Å². The summed E-state index contributed by atoms with van der Waals surface area (Å²) in [6.07, 6.45) is 0.995. The van der Waals surface area contributed by atoms with Crippen molar-refractivity contribution in [3.63, 3.8) is 0 Å². The van der Waals surface area contributed by atoms with Crippen LogP contribution in [0, 0.1) is 6.92 Å². The van der Waals surface area contributed by atoms with Gasteiger partial charge in [-0.3, -0.25) is 9.89 Å². The van der Waals surface area contributed by atoms with Gasteiger partial charge < -0.3 is 10.6 Å². The molecule has 0 spiro atoms. The number of amides is 1. The first-order chi connectivity index (χ1) is 6.75. The van der Waals surface area contributed by atoms with Gasteiger partial charge >= 0.3 is 0 Å². The fourth-order valence-electron chi connectivity index (χ4n) is 1.57. The van der Waals surface area contributed by atoms with Crippen molar-refractivity contribution in [3.8, 4) is 0 Å². The summed E-state index contributed by atoms with van der Waals surface area (Å²) in [5.74, 6) is -0.0944. The van der Waals surface area contributed by atoms with E-state index in [1.54, 1.807) is 6.07 Å². The zero-order valence-electron chi connectivity index (χ0n) is 8.13. The van der Waals surface area contributed by atoms with Crippen molar-refractivity contribution in [1.82, 2.24) is 20.8 Å². The second-order valence-corrected chi connectivity index (χ2v) is 3.60. The SMILES string of the molecule is Cc1cc(C(=O)NC2CCNC2)n[nH]1. The molecular formula is C9H14N4O. The summed E-state index contributed by atoms with van der Waals surface area (Å²) in [6.45, 7) is 3.71. The molecule has 2 heterocycles. The summed E-state index contributed by atoms with van der Waals surface area (Å²) < 4.78 is 0. The van der Waals surface area contributed by atoms with Gasteiger partial charge in [-0.05, 0) is 26.0 Å². The highest BCUT2D eigenvalue weighted by molar-refractivity contribution is 5.92. The minimum Gasteiger partial charge on any atom is -0.347 e. The summed E-state index contributed by atoms with van der Waals surface area (Å²) in [7, 11) is 0. The lowest BCUT2D eigenvalue weighted by molar-refractivity contribution is 0.0935. The highest BCUT2D eigenvalue weighted by Gasteiger charge is 2.18. The summed E-state index contributed by atoms with van der Waals surface area (Å²) >= 11 is 0. The van der Waals surface area contributed by atoms with Crippen LogP contribution >= 0.6 is 0 Å². The number of nitrogens with zero attached hydrogens (tertiary/aromatic N) is 1. The van der Waals surface area contributed by atoms with Crippen molar-refractivity contribution in [3.05, 3.63) is 17.5 Å². The van der Waals surface area contributed by atoms with Crippen LogP contribution < -0.4 is 10.6 Å². The Morgan fingerprint density at radius 2 is 2.57 bits per heavy atom. The van der Waals surface area contributed by atoms with Gasteiger partial charge in [0.1, 0.15) is 5.69 Å². The summed E-state index contributed by atoms with van der Waals surface area (Å²) in [6, 6.07) is 2.00. The van der Waals surface area contributed by atoms with Crippen molar-refractivity contribution in [2.45, 2.75) is 19.4 Å². The molecule has 3 N–H and O–H groups in total. The molecule has 5 heteroatoms. The highest BCUT2D eigenvalue weighted by atomic mass is 16.2. The molecule has 1 aromatic heterocycles. The molecule has 1 fully saturated rings. The van der Waals surface area contributed by atoms with Crippen molar-refractivity contribution >= 4 is 5.91 Å². The smallest absolute Gasteiger partial charge is 0.272 e. The maximum Gasteiger partial charge on any atom is 0.272 e. The molecule has 0 aromatic carbocycles. The number of nitrogens with one attached hydrogen (secondary N) is 3. The molecule has 5 nitrogen and oxygen atoms in total. The molecule has 0 aliphatic carbocycles. The Morgan fingerprint density at radius 1 is 1.71 bits per heavy atom. The van der Waals surface area contributed by atoms with Gasteiger partial charge in [0.05, 0.1) is 0 Å². The number of aryl methyl sites for hydroxylation is 1. The Bertz CT molecular complexity index is 327. The van der Waals surface area contributed by atoms with Crippen molar-refractivity contribution in [1.29, 1.82) is 0 Å². The lowest BCUT2D eigenvalue weighted by Crippen LogP contribution is -2.36. The standard InChI is InChI=1S/C9H14N4O/c1-6-4-8(13-12-6)9(14)11-7-2-3-10-5-7/h4,7,10H,2-3,5H2,1H3,(H,11,14)(H,12,13). The number of carbonyl (C=O) groups excluding carboxylic acids is 1. The van der Waals surface area contributed by atoms with Gasteiger partial charge in [0.15, 0.2) is 0 Å². The van der Waals surface area contributed by atoms with E-state index in [9.17, 15) is 4.79 Å². The van der Waals surface area contributed by atoms with Crippen LogP contribution in [-0.4, -0.2) is 35.2 Å². The number of hydrogen-bond donors (Lipinski definition) is 3. The third-order valence-corrected chi connectivity index (χ3v) is 2.33. The Balaban J connectivity index is 1.95. The maximum absolute atomic E-state index is 11.6. The molecule has 0 radical (unpaired) electrons. The van der Waals surface area contributed by atoms with E-state index in [1.807, 2.05) is 6.92 Å². The normalized spacial score (nSPS) is 21.1. The Morgan fingerprint density at radius 3 is 3.14 bits per heavy atom. The van der Waals surface area contributed by atoms with Gasteiger partial charge in [-0.15, -0.1) is 0 Å². The summed E-state index contributed by atoms with van der Waals surface area (Å²) in [4.78, 5) is 11.6. The molecule has 0 saturated carbocycles. The molecule has 1 aliphatic heterocycles. The minimum atomic E-state index is -0.0944. The fraction of sp³-hybridized carbons (Fsp3) is 0.556. The molecule has 14 heavy (non-hydrogen) atoms. The van der Waals surface area contributed by atoms with Crippen LogP contribution in [0.5, 0.6) is 0 Å². The van der Waals surface area contributed by atoms with Crippen LogP contribution in [0.25, 0.3) is 0 Å². The van der Waals surface area contributed by atoms with E-state index < -0.39 is 0 Å². The molecular weight excluding hydrogens is 180 g/mol. The van der Waals surface area contributed by atoms with E-state index >= 15 is 0 Å². The second-order valence-electron chi connectivity index (χ2n) is 3.60. The number of carbonyl (C=O) groups is 1. The maximum atomic E-state index is 11.6. The van der Waals surface area contributed by atoms with Crippen LogP contribution in [0.2, 0.25) is 0 Å². The monoisotopic (exact) mass is 194 g/mol. The van der Waals surface area contributed by atoms with E-state index in [2.05, 4.69) is 20.8 Å². The van der Waals surface area contributed by atoms with E-state index in [0.29, 0.717) is 5.69 Å². The van der Waals surface area contributed by atoms with Crippen molar-refractivity contribution in [2.75, 3.05) is 13.1 Å². The largest absolute Gasteiger partial charge is 0.347 e. The van der Waals surface area contributed by atoms with Crippen LogP contribution in [0.1, 0.15) is 22.6 Å². The third-order valence-electron chi connectivity index (χ3n) is 2.33. The highest BCUT2D eigenvalue weighted by Crippen LogP contribution is 2.01. The van der Waals surface area contributed by atoms with E-state index in [-0.39, 0.29) is 11.9 Å². The fourth-order valence-corrected chi connectivity index (χ4v) is 1.57. The van der Waals surface area contributed by atoms with Crippen molar-refractivity contribution in [2.24, 2.45) is 0 Å². The molecule has 2 rings (SSSR count). The zero-order valence-corrected chi connectivity index (χ0v) is 8.13. The van der Waals surface area contributed by atoms with Gasteiger partial charge in [-0.25, -0.2) is 0 Å². The average Bonchev–Trinajstić information content (AvgIpc) is 2.75. The molecule has 1 saturated heterocycles. The van der Waals surface area contributed by atoms with Gasteiger partial charge in [-0.2, -0.15) is 5.10 Å². The molecule has 1 aromatic rings. The van der Waals surface area contributed by atoms with Gasteiger partial charge in [0.25, 0.3) is 5.91 Å². The average molecular weight is 194 g/mol. The minimum absolute atomic E-state index is 0.0944. The van der Waals surface area contributed by atoms with Crippen LogP contribution in [0.4, 0.5) is 0 Å². The first-order valence-electron chi connectivity index (χ1n) is 4.79. The van der Waals surface area contributed by atoms with Crippen LogP contribution in [0.15, 0.2) is 6.07 Å². The predicted molar refractivity (Wildman–Crippen MR) is 52.1 cm³/mol. The Hall–Kier alpha value is -1.36. The molecule has 1 atom stereocenters. The number of H-pyrrole nitrogens is 1. The zero-order chi connectivity index (χ0) is 9.97. The van der Waals surface area contributed by atoms with Crippen LogP contribution in [0.3, 0.4) is 0 Å². The quantitative estimate of drug-likeness (QED) is 0.611. The number of rotatable bonds is 2. The predicted octanol–water partition coefficient (Wildman–Crippen LogP) is -0.190. The van der Waals surface area contributed by atoms with Crippen LogP contribution in [-0.2, 0) is 0 Å². The van der Waals surface area contributed by atoms with Gasteiger partial charge in [-0.1, -0.05) is 0 Å². The number of aromatic amines is 1. The second kappa shape index (κ2) is 3.79. The lowest BCUT2D eigenvalue weighted by Gasteiger charge is -2.08. The first kappa shape index (κ1) is 9.21. The lowest BCUT2D eigenvalue weighted by atomic mass is 10.2. The molecule has 1 unspecified atom stereocenters. The van der Waals surface area contributed by atoms with E-state index in [1.165, 1.54) is 0 Å². The summed E-state index contributed by atoms with van der Waals surface area (Å²) in [5.41, 5.74) is 1.37. The summed E-state index contributed by atoms with van der Waals surface area (Å²) in [5, 5.41) is 12.8. The molecule has 0 bridgehead atoms. The number of hydrogen-bond acceptors (Lipinski definition) is 3. The topological polar surface area (TPSA) is 69.8 Å². The molecule has 1 amide bonds. The molecule has 1 aliphatic rings.